The molecule has 0 unspecified atom stereocenters. The number of hydrogen-bond donors (Lipinski definition) is 1. The van der Waals surface area contributed by atoms with E-state index >= 15 is 0 Å². The van der Waals surface area contributed by atoms with Crippen LogP contribution in [0.4, 0.5) is 0 Å². The molecule has 1 aliphatic heterocycles. The molecule has 0 aromatic carbocycles. The number of carbonyl (C=O) groups excluding carboxylic acids is 1. The van der Waals surface area contributed by atoms with Gasteiger partial charge in [0.25, 0.3) is 0 Å². The summed E-state index contributed by atoms with van der Waals surface area (Å²) in [7, 11) is 0. The van der Waals surface area contributed by atoms with Gasteiger partial charge < -0.3 is 10.2 Å². The van der Waals surface area contributed by atoms with Crippen molar-refractivity contribution in [2.75, 3.05) is 26.2 Å². The smallest absolute Gasteiger partial charge is 0.222 e. The van der Waals surface area contributed by atoms with Crippen LogP contribution in [0.15, 0.2) is 0 Å². The summed E-state index contributed by atoms with van der Waals surface area (Å²) in [5.41, 5.74) is 0. The van der Waals surface area contributed by atoms with Gasteiger partial charge in [0.2, 0.25) is 5.91 Å². The summed E-state index contributed by atoms with van der Waals surface area (Å²) < 4.78 is 0. The summed E-state index contributed by atoms with van der Waals surface area (Å²) in [6.07, 6.45) is 9.90. The van der Waals surface area contributed by atoms with Crippen LogP contribution in [0.1, 0.15) is 51.4 Å². The second-order valence-electron chi connectivity index (χ2n) is 5.53. The van der Waals surface area contributed by atoms with Crippen LogP contribution >= 0.6 is 12.4 Å². The molecule has 0 radical (unpaired) electrons. The maximum absolute atomic E-state index is 12.0. The van der Waals surface area contributed by atoms with E-state index in [0.29, 0.717) is 5.91 Å². The van der Waals surface area contributed by atoms with Gasteiger partial charge in [-0.1, -0.05) is 25.7 Å². The highest BCUT2D eigenvalue weighted by Crippen LogP contribution is 2.28. The monoisotopic (exact) mass is 274 g/mol. The predicted octanol–water partition coefficient (Wildman–Crippen LogP) is 2.59. The van der Waals surface area contributed by atoms with E-state index in [1.165, 1.54) is 32.1 Å². The van der Waals surface area contributed by atoms with E-state index in [1.807, 2.05) is 0 Å². The molecule has 0 aromatic heterocycles. The quantitative estimate of drug-likeness (QED) is 0.855. The molecule has 18 heavy (non-hydrogen) atoms. The lowest BCUT2D eigenvalue weighted by Gasteiger charge is -2.20. The van der Waals surface area contributed by atoms with Crippen molar-refractivity contribution in [1.82, 2.24) is 10.2 Å². The Balaban J connectivity index is 0.00000162. The van der Waals surface area contributed by atoms with Crippen LogP contribution < -0.4 is 5.32 Å². The van der Waals surface area contributed by atoms with E-state index in [2.05, 4.69) is 10.2 Å². The molecule has 1 saturated heterocycles. The first-order chi connectivity index (χ1) is 8.36. The van der Waals surface area contributed by atoms with E-state index < -0.39 is 0 Å². The molecule has 0 bridgehead atoms. The Hall–Kier alpha value is -0.280. The van der Waals surface area contributed by atoms with Gasteiger partial charge in [0.1, 0.15) is 0 Å². The van der Waals surface area contributed by atoms with E-state index in [-0.39, 0.29) is 12.4 Å². The standard InChI is InChI=1S/C14H26N2O.ClH/c17-14(16-11-4-9-15-10-12-16)8-3-7-13-5-1-2-6-13;/h13,15H,1-12H2;1H. The molecule has 0 aromatic rings. The largest absolute Gasteiger partial charge is 0.341 e. The van der Waals surface area contributed by atoms with Crippen LogP contribution in [0.3, 0.4) is 0 Å². The number of halogens is 1. The van der Waals surface area contributed by atoms with Crippen LogP contribution in [0, 0.1) is 5.92 Å². The number of nitrogens with zero attached hydrogens (tertiary/aromatic N) is 1. The van der Waals surface area contributed by atoms with Gasteiger partial charge in [-0.3, -0.25) is 4.79 Å². The highest BCUT2D eigenvalue weighted by molar-refractivity contribution is 5.85. The molecule has 4 heteroatoms. The Bertz CT molecular complexity index is 234. The summed E-state index contributed by atoms with van der Waals surface area (Å²) in [4.78, 5) is 14.1. The van der Waals surface area contributed by atoms with Crippen molar-refractivity contribution in [3.8, 4) is 0 Å². The summed E-state index contributed by atoms with van der Waals surface area (Å²) in [6.45, 7) is 3.89. The molecule has 0 atom stereocenters. The normalized spacial score (nSPS) is 21.4. The van der Waals surface area contributed by atoms with Crippen molar-refractivity contribution >= 4 is 18.3 Å². The van der Waals surface area contributed by atoms with Gasteiger partial charge in [-0.25, -0.2) is 0 Å². The zero-order valence-corrected chi connectivity index (χ0v) is 12.1. The molecule has 0 spiro atoms. The summed E-state index contributed by atoms with van der Waals surface area (Å²) >= 11 is 0. The maximum atomic E-state index is 12.0. The van der Waals surface area contributed by atoms with Crippen molar-refractivity contribution in [3.05, 3.63) is 0 Å². The van der Waals surface area contributed by atoms with Crippen LogP contribution in [0.2, 0.25) is 0 Å². The average molecular weight is 275 g/mol. The topological polar surface area (TPSA) is 32.3 Å². The minimum absolute atomic E-state index is 0. The van der Waals surface area contributed by atoms with E-state index in [4.69, 9.17) is 0 Å². The molecule has 3 nitrogen and oxygen atoms in total. The molecular formula is C14H27ClN2O. The van der Waals surface area contributed by atoms with Gasteiger partial charge in [0.15, 0.2) is 0 Å². The fraction of sp³-hybridized carbons (Fsp3) is 0.929. The minimum atomic E-state index is 0. The average Bonchev–Trinajstić information content (AvgIpc) is 2.69. The highest BCUT2D eigenvalue weighted by Gasteiger charge is 2.17. The number of amides is 1. The second kappa shape index (κ2) is 8.76. The Morgan fingerprint density at radius 2 is 1.89 bits per heavy atom. The molecule has 2 rings (SSSR count). The number of hydrogen-bond acceptors (Lipinski definition) is 2. The predicted molar refractivity (Wildman–Crippen MR) is 77.1 cm³/mol. The van der Waals surface area contributed by atoms with Gasteiger partial charge in [-0.15, -0.1) is 12.4 Å². The number of rotatable bonds is 4. The van der Waals surface area contributed by atoms with Crippen LogP contribution in [-0.4, -0.2) is 37.0 Å². The molecule has 106 valence electrons. The Morgan fingerprint density at radius 1 is 1.11 bits per heavy atom. The van der Waals surface area contributed by atoms with Gasteiger partial charge in [-0.2, -0.15) is 0 Å². The minimum Gasteiger partial charge on any atom is -0.341 e. The summed E-state index contributed by atoms with van der Waals surface area (Å²) in [6, 6.07) is 0. The lowest BCUT2D eigenvalue weighted by molar-refractivity contribution is -0.131. The van der Waals surface area contributed by atoms with Gasteiger partial charge >= 0.3 is 0 Å². The van der Waals surface area contributed by atoms with E-state index in [0.717, 1.165) is 51.4 Å². The van der Waals surface area contributed by atoms with Gasteiger partial charge in [0, 0.05) is 26.1 Å². The maximum Gasteiger partial charge on any atom is 0.222 e. The third kappa shape index (κ3) is 5.15. The van der Waals surface area contributed by atoms with Gasteiger partial charge in [-0.05, 0) is 31.7 Å². The van der Waals surface area contributed by atoms with Gasteiger partial charge in [0.05, 0.1) is 0 Å². The fourth-order valence-corrected chi connectivity index (χ4v) is 3.09. The van der Waals surface area contributed by atoms with Crippen molar-refractivity contribution in [2.24, 2.45) is 5.92 Å². The van der Waals surface area contributed by atoms with Crippen LogP contribution in [0.25, 0.3) is 0 Å². The molecule has 1 N–H and O–H groups in total. The van der Waals surface area contributed by atoms with Crippen molar-refractivity contribution in [3.63, 3.8) is 0 Å². The third-order valence-electron chi connectivity index (χ3n) is 4.17. The van der Waals surface area contributed by atoms with Crippen LogP contribution in [0.5, 0.6) is 0 Å². The fourth-order valence-electron chi connectivity index (χ4n) is 3.09. The SMILES string of the molecule is Cl.O=C(CCCC1CCCC1)N1CCCNCC1. The van der Waals surface area contributed by atoms with Crippen LogP contribution in [-0.2, 0) is 4.79 Å². The first-order valence-corrected chi connectivity index (χ1v) is 7.35. The lowest BCUT2D eigenvalue weighted by atomic mass is 10.0. The number of nitrogens with one attached hydrogen (secondary N) is 1. The molecule has 1 amide bonds. The Labute approximate surface area is 117 Å². The van der Waals surface area contributed by atoms with Crippen molar-refractivity contribution in [1.29, 1.82) is 0 Å². The molecule has 1 saturated carbocycles. The molecule has 1 aliphatic carbocycles. The van der Waals surface area contributed by atoms with E-state index in [9.17, 15) is 4.79 Å². The molecule has 2 aliphatic rings. The summed E-state index contributed by atoms with van der Waals surface area (Å²) in [5, 5.41) is 3.34. The molecule has 1 heterocycles. The zero-order valence-electron chi connectivity index (χ0n) is 11.3. The lowest BCUT2D eigenvalue weighted by Crippen LogP contribution is -2.34. The van der Waals surface area contributed by atoms with Crippen molar-refractivity contribution in [2.45, 2.75) is 51.4 Å². The Kier molecular flexibility index (Phi) is 7.68. The molecular weight excluding hydrogens is 248 g/mol. The molecule has 2 fully saturated rings. The summed E-state index contributed by atoms with van der Waals surface area (Å²) in [5.74, 6) is 1.31. The zero-order chi connectivity index (χ0) is 11.9. The third-order valence-corrected chi connectivity index (χ3v) is 4.17. The highest BCUT2D eigenvalue weighted by atomic mass is 35.5. The first kappa shape index (κ1) is 15.8. The van der Waals surface area contributed by atoms with E-state index in [1.54, 1.807) is 0 Å². The first-order valence-electron chi connectivity index (χ1n) is 7.35. The Morgan fingerprint density at radius 3 is 2.67 bits per heavy atom. The second-order valence-corrected chi connectivity index (χ2v) is 5.53. The number of carbonyl (C=O) groups is 1. The van der Waals surface area contributed by atoms with Crippen molar-refractivity contribution < 1.29 is 4.79 Å².